The van der Waals surface area contributed by atoms with Crippen LogP contribution in [0.2, 0.25) is 0 Å². The molecule has 5 nitrogen and oxygen atoms in total. The van der Waals surface area contributed by atoms with Crippen molar-refractivity contribution in [3.8, 4) is 6.07 Å². The molecule has 0 aromatic heterocycles. The molecule has 1 saturated heterocycles. The molecule has 0 radical (unpaired) electrons. The first-order valence-corrected chi connectivity index (χ1v) is 8.02. The zero-order valence-corrected chi connectivity index (χ0v) is 13.9. The number of benzene rings is 1. The highest BCUT2D eigenvalue weighted by Crippen LogP contribution is 2.57. The molecule has 3 rings (SSSR count). The molecule has 1 amide bonds. The summed E-state index contributed by atoms with van der Waals surface area (Å²) in [6, 6.07) is 10.1. The number of nitrogens with two attached hydrogens (primary N) is 1. The first-order valence-electron chi connectivity index (χ1n) is 8.02. The van der Waals surface area contributed by atoms with Crippen molar-refractivity contribution in [1.82, 2.24) is 4.90 Å². The predicted molar refractivity (Wildman–Crippen MR) is 87.6 cm³/mol. The maximum atomic E-state index is 12.6. The minimum absolute atomic E-state index is 0.00983. The van der Waals surface area contributed by atoms with E-state index in [1.54, 1.807) is 4.90 Å². The Morgan fingerprint density at radius 2 is 1.96 bits per heavy atom. The Kier molecular flexibility index (Phi) is 3.51. The van der Waals surface area contributed by atoms with Crippen molar-refractivity contribution >= 4 is 11.8 Å². The van der Waals surface area contributed by atoms with Gasteiger partial charge in [-0.05, 0) is 51.3 Å². The monoisotopic (exact) mass is 313 g/mol. The molecule has 2 fully saturated rings. The number of hydrogen-bond donors (Lipinski definition) is 1. The summed E-state index contributed by atoms with van der Waals surface area (Å²) in [4.78, 5) is 14.4. The quantitative estimate of drug-likeness (QED) is 0.807. The number of hydrogen-bond acceptors (Lipinski definition) is 4. The SMILES string of the molecule is CC(C)(C)OC(=O)N1C[C@@H](c2ccc(N)cc2)[C@H](C#N)C12CC2. The second-order valence-corrected chi connectivity index (χ2v) is 7.57. The van der Waals surface area contributed by atoms with Crippen molar-refractivity contribution in [2.45, 2.75) is 50.7 Å². The fraction of sp³-hybridized carbons (Fsp3) is 0.556. The number of anilines is 1. The van der Waals surface area contributed by atoms with Gasteiger partial charge in [-0.3, -0.25) is 0 Å². The van der Waals surface area contributed by atoms with Crippen LogP contribution in [0.4, 0.5) is 10.5 Å². The number of likely N-dealkylation sites (tertiary alicyclic amines) is 1. The van der Waals surface area contributed by atoms with Crippen LogP contribution in [0.5, 0.6) is 0 Å². The lowest BCUT2D eigenvalue weighted by Gasteiger charge is -2.29. The van der Waals surface area contributed by atoms with Gasteiger partial charge in [-0.25, -0.2) is 4.79 Å². The maximum Gasteiger partial charge on any atom is 0.410 e. The topological polar surface area (TPSA) is 79.3 Å². The smallest absolute Gasteiger partial charge is 0.410 e. The number of amides is 1. The molecule has 1 aromatic carbocycles. The predicted octanol–water partition coefficient (Wildman–Crippen LogP) is 3.28. The van der Waals surface area contributed by atoms with Gasteiger partial charge in [-0.2, -0.15) is 5.26 Å². The standard InChI is InChI=1S/C18H23N3O2/c1-17(2,3)23-16(22)21-11-14(12-4-6-13(20)7-5-12)15(10-19)18(21)8-9-18/h4-7,14-15H,8-9,11,20H2,1-3H3/t14-,15-/m0/s1. The van der Waals surface area contributed by atoms with Gasteiger partial charge in [0.05, 0.1) is 17.5 Å². The summed E-state index contributed by atoms with van der Waals surface area (Å²) in [6.07, 6.45) is 1.43. The zero-order chi connectivity index (χ0) is 16.8. The lowest BCUT2D eigenvalue weighted by molar-refractivity contribution is 0.0190. The summed E-state index contributed by atoms with van der Waals surface area (Å²) in [5, 5.41) is 9.71. The lowest BCUT2D eigenvalue weighted by Crippen LogP contribution is -2.42. The number of nitriles is 1. The highest BCUT2D eigenvalue weighted by Gasteiger charge is 2.64. The Labute approximate surface area is 137 Å². The molecule has 122 valence electrons. The highest BCUT2D eigenvalue weighted by atomic mass is 16.6. The highest BCUT2D eigenvalue weighted by molar-refractivity contribution is 5.71. The molecule has 1 heterocycles. The van der Waals surface area contributed by atoms with Crippen molar-refractivity contribution in [2.75, 3.05) is 12.3 Å². The van der Waals surface area contributed by atoms with Gasteiger partial charge in [0, 0.05) is 18.2 Å². The summed E-state index contributed by atoms with van der Waals surface area (Å²) in [5.74, 6) is -0.186. The first kappa shape index (κ1) is 15.7. The van der Waals surface area contributed by atoms with Crippen LogP contribution in [-0.2, 0) is 4.74 Å². The van der Waals surface area contributed by atoms with Gasteiger partial charge >= 0.3 is 6.09 Å². The van der Waals surface area contributed by atoms with Crippen molar-refractivity contribution < 1.29 is 9.53 Å². The molecule has 0 bridgehead atoms. The average Bonchev–Trinajstić information content (AvgIpc) is 3.15. The van der Waals surface area contributed by atoms with E-state index in [1.165, 1.54) is 0 Å². The van der Waals surface area contributed by atoms with E-state index < -0.39 is 5.60 Å². The molecule has 0 unspecified atom stereocenters. The molecular weight excluding hydrogens is 290 g/mol. The van der Waals surface area contributed by atoms with Gasteiger partial charge in [0.1, 0.15) is 5.60 Å². The molecule has 1 aromatic rings. The largest absolute Gasteiger partial charge is 0.444 e. The third kappa shape index (κ3) is 2.74. The fourth-order valence-corrected chi connectivity index (χ4v) is 3.56. The second-order valence-electron chi connectivity index (χ2n) is 7.57. The maximum absolute atomic E-state index is 12.6. The summed E-state index contributed by atoms with van der Waals surface area (Å²) in [7, 11) is 0. The summed E-state index contributed by atoms with van der Waals surface area (Å²) in [5.41, 5.74) is 6.63. The van der Waals surface area contributed by atoms with Crippen molar-refractivity contribution in [3.63, 3.8) is 0 Å². The molecule has 1 aliphatic heterocycles. The number of rotatable bonds is 1. The van der Waals surface area contributed by atoms with Crippen LogP contribution >= 0.6 is 0 Å². The lowest BCUT2D eigenvalue weighted by atomic mass is 9.85. The summed E-state index contributed by atoms with van der Waals surface area (Å²) >= 11 is 0. The Morgan fingerprint density at radius 1 is 1.35 bits per heavy atom. The second kappa shape index (κ2) is 5.16. The van der Waals surface area contributed by atoms with E-state index in [1.807, 2.05) is 45.0 Å². The molecule has 1 spiro atoms. The number of ether oxygens (including phenoxy) is 1. The molecule has 5 heteroatoms. The number of carbonyl (C=O) groups excluding carboxylic acids is 1. The van der Waals surface area contributed by atoms with Gasteiger partial charge in [0.25, 0.3) is 0 Å². The number of carbonyl (C=O) groups is 1. The molecule has 2 aliphatic rings. The molecular formula is C18H23N3O2. The van der Waals surface area contributed by atoms with Crippen LogP contribution in [0.25, 0.3) is 0 Å². The fourth-order valence-electron chi connectivity index (χ4n) is 3.56. The van der Waals surface area contributed by atoms with Gasteiger partial charge in [0.15, 0.2) is 0 Å². The van der Waals surface area contributed by atoms with Crippen LogP contribution in [0.3, 0.4) is 0 Å². The molecule has 1 aliphatic carbocycles. The van der Waals surface area contributed by atoms with Crippen molar-refractivity contribution in [3.05, 3.63) is 29.8 Å². The molecule has 2 atom stereocenters. The Hall–Kier alpha value is -2.22. The zero-order valence-electron chi connectivity index (χ0n) is 13.9. The van der Waals surface area contributed by atoms with E-state index in [0.717, 1.165) is 18.4 Å². The Morgan fingerprint density at radius 3 is 2.43 bits per heavy atom. The van der Waals surface area contributed by atoms with E-state index in [0.29, 0.717) is 12.2 Å². The van der Waals surface area contributed by atoms with Crippen molar-refractivity contribution in [1.29, 1.82) is 5.26 Å². The van der Waals surface area contributed by atoms with Crippen LogP contribution in [0.1, 0.15) is 45.1 Å². The van der Waals surface area contributed by atoms with Crippen LogP contribution in [0, 0.1) is 17.2 Å². The van der Waals surface area contributed by atoms with Crippen LogP contribution in [-0.4, -0.2) is 28.7 Å². The van der Waals surface area contributed by atoms with E-state index in [9.17, 15) is 10.1 Å². The number of nitrogen functional groups attached to an aromatic ring is 1. The third-order valence-corrected chi connectivity index (χ3v) is 4.78. The van der Waals surface area contributed by atoms with E-state index in [4.69, 9.17) is 10.5 Å². The van der Waals surface area contributed by atoms with Gasteiger partial charge in [-0.1, -0.05) is 12.1 Å². The minimum Gasteiger partial charge on any atom is -0.444 e. The normalized spacial score (nSPS) is 25.2. The Bertz CT molecular complexity index is 650. The van der Waals surface area contributed by atoms with Crippen LogP contribution < -0.4 is 5.73 Å². The summed E-state index contributed by atoms with van der Waals surface area (Å²) < 4.78 is 5.55. The molecule has 1 saturated carbocycles. The molecule has 2 N–H and O–H groups in total. The average molecular weight is 313 g/mol. The first-order chi connectivity index (χ1) is 10.8. The van der Waals surface area contributed by atoms with E-state index in [2.05, 4.69) is 6.07 Å². The van der Waals surface area contributed by atoms with Crippen LogP contribution in [0.15, 0.2) is 24.3 Å². The van der Waals surface area contributed by atoms with Gasteiger partial charge in [0.2, 0.25) is 0 Å². The van der Waals surface area contributed by atoms with Gasteiger partial charge < -0.3 is 15.4 Å². The van der Waals surface area contributed by atoms with E-state index >= 15 is 0 Å². The molecule has 23 heavy (non-hydrogen) atoms. The van der Waals surface area contributed by atoms with Crippen molar-refractivity contribution in [2.24, 2.45) is 5.92 Å². The third-order valence-electron chi connectivity index (χ3n) is 4.78. The minimum atomic E-state index is -0.533. The summed E-state index contributed by atoms with van der Waals surface area (Å²) in [6.45, 7) is 6.11. The van der Waals surface area contributed by atoms with E-state index in [-0.39, 0.29) is 23.5 Å². The van der Waals surface area contributed by atoms with Gasteiger partial charge in [-0.15, -0.1) is 0 Å². The Balaban J connectivity index is 1.88. The number of nitrogens with zero attached hydrogens (tertiary/aromatic N) is 2.